The van der Waals surface area contributed by atoms with Crippen molar-refractivity contribution in [1.29, 1.82) is 0 Å². The monoisotopic (exact) mass is 252 g/mol. The fraction of sp³-hybridized carbons (Fsp3) is 0.0909. The van der Waals surface area contributed by atoms with Crippen molar-refractivity contribution in [3.8, 4) is 11.6 Å². The third-order valence-corrected chi connectivity index (χ3v) is 2.42. The van der Waals surface area contributed by atoms with Crippen LogP contribution < -0.4 is 10.3 Å². The van der Waals surface area contributed by atoms with Gasteiger partial charge in [-0.25, -0.2) is 4.98 Å². The summed E-state index contributed by atoms with van der Waals surface area (Å²) in [6, 6.07) is 6.72. The first-order valence-corrected chi connectivity index (χ1v) is 5.19. The van der Waals surface area contributed by atoms with Crippen LogP contribution in [0.1, 0.15) is 5.56 Å². The fourth-order valence-corrected chi connectivity index (χ4v) is 1.35. The topological polar surface area (TPSA) is 75.2 Å². The molecule has 2 N–H and O–H groups in total. The van der Waals surface area contributed by atoms with Gasteiger partial charge < -0.3 is 14.8 Å². The maximum Gasteiger partial charge on any atom is 0.273 e. The molecule has 0 saturated heterocycles. The van der Waals surface area contributed by atoms with Crippen molar-refractivity contribution >= 4 is 11.6 Å². The molecule has 88 valence electrons. The Labute approximate surface area is 102 Å². The molecule has 0 bridgehead atoms. The Kier molecular flexibility index (Phi) is 3.41. The van der Waals surface area contributed by atoms with Gasteiger partial charge in [-0.3, -0.25) is 4.79 Å². The molecule has 0 amide bonds. The molecule has 2 rings (SSSR count). The lowest BCUT2D eigenvalue weighted by Gasteiger charge is -2.05. The number of aromatic amines is 1. The van der Waals surface area contributed by atoms with E-state index in [-0.39, 0.29) is 17.5 Å². The third kappa shape index (κ3) is 2.64. The molecule has 1 aromatic heterocycles. The van der Waals surface area contributed by atoms with Gasteiger partial charge in [0.15, 0.2) is 5.02 Å². The van der Waals surface area contributed by atoms with Gasteiger partial charge in [0, 0.05) is 0 Å². The van der Waals surface area contributed by atoms with Gasteiger partial charge in [0.05, 0.1) is 12.9 Å². The van der Waals surface area contributed by atoms with E-state index in [1.54, 1.807) is 24.3 Å². The van der Waals surface area contributed by atoms with Gasteiger partial charge in [-0.2, -0.15) is 0 Å². The average molecular weight is 253 g/mol. The summed E-state index contributed by atoms with van der Waals surface area (Å²) in [6.45, 7) is -0.0374. The van der Waals surface area contributed by atoms with Crippen molar-refractivity contribution in [2.24, 2.45) is 0 Å². The standard InChI is InChI=1S/C11H9ClN2O3/c12-9-10(16)13-6-14-11(9)17-8-3-1-7(5-15)2-4-8/h1-4,6,15H,5H2,(H,13,14,16). The number of H-pyrrole nitrogens is 1. The van der Waals surface area contributed by atoms with Gasteiger partial charge >= 0.3 is 0 Å². The second kappa shape index (κ2) is 4.99. The number of hydrogen-bond donors (Lipinski definition) is 2. The molecular formula is C11H9ClN2O3. The molecular weight excluding hydrogens is 244 g/mol. The lowest BCUT2D eigenvalue weighted by molar-refractivity contribution is 0.281. The van der Waals surface area contributed by atoms with E-state index in [0.29, 0.717) is 5.75 Å². The predicted molar refractivity (Wildman–Crippen MR) is 62.3 cm³/mol. The van der Waals surface area contributed by atoms with Crippen LogP contribution in [0, 0.1) is 0 Å². The zero-order chi connectivity index (χ0) is 12.3. The van der Waals surface area contributed by atoms with Gasteiger partial charge in [-0.15, -0.1) is 0 Å². The van der Waals surface area contributed by atoms with Crippen molar-refractivity contribution in [1.82, 2.24) is 9.97 Å². The molecule has 0 saturated carbocycles. The van der Waals surface area contributed by atoms with Gasteiger partial charge in [-0.1, -0.05) is 23.7 Å². The molecule has 0 aliphatic rings. The van der Waals surface area contributed by atoms with Gasteiger partial charge in [0.1, 0.15) is 5.75 Å². The number of halogens is 1. The Morgan fingerprint density at radius 3 is 2.71 bits per heavy atom. The van der Waals surface area contributed by atoms with Crippen molar-refractivity contribution in [2.75, 3.05) is 0 Å². The molecule has 0 aliphatic carbocycles. The Hall–Kier alpha value is -1.85. The van der Waals surface area contributed by atoms with E-state index in [2.05, 4.69) is 9.97 Å². The average Bonchev–Trinajstić information content (AvgIpc) is 2.36. The third-order valence-electron chi connectivity index (χ3n) is 2.09. The highest BCUT2D eigenvalue weighted by molar-refractivity contribution is 6.31. The van der Waals surface area contributed by atoms with Crippen molar-refractivity contribution < 1.29 is 9.84 Å². The normalized spacial score (nSPS) is 10.2. The van der Waals surface area contributed by atoms with Crippen molar-refractivity contribution in [2.45, 2.75) is 6.61 Å². The number of hydrogen-bond acceptors (Lipinski definition) is 4. The zero-order valence-corrected chi connectivity index (χ0v) is 9.44. The zero-order valence-electron chi connectivity index (χ0n) is 8.68. The molecule has 5 nitrogen and oxygen atoms in total. The van der Waals surface area contributed by atoms with Gasteiger partial charge in [0.25, 0.3) is 5.56 Å². The van der Waals surface area contributed by atoms with Crippen LogP contribution in [0.2, 0.25) is 5.02 Å². The molecule has 0 fully saturated rings. The summed E-state index contributed by atoms with van der Waals surface area (Å²) in [6.07, 6.45) is 1.21. The highest BCUT2D eigenvalue weighted by Gasteiger charge is 2.07. The van der Waals surface area contributed by atoms with E-state index >= 15 is 0 Å². The van der Waals surface area contributed by atoms with E-state index in [0.717, 1.165) is 5.56 Å². The van der Waals surface area contributed by atoms with Crippen LogP contribution >= 0.6 is 11.6 Å². The smallest absolute Gasteiger partial charge is 0.273 e. The van der Waals surface area contributed by atoms with Crippen LogP contribution in [-0.2, 0) is 6.61 Å². The summed E-state index contributed by atoms with van der Waals surface area (Å²) in [5, 5.41) is 8.78. The Morgan fingerprint density at radius 2 is 2.06 bits per heavy atom. The maximum atomic E-state index is 11.2. The minimum atomic E-state index is -0.455. The minimum Gasteiger partial charge on any atom is -0.437 e. The van der Waals surface area contributed by atoms with Crippen LogP contribution in [-0.4, -0.2) is 15.1 Å². The summed E-state index contributed by atoms with van der Waals surface area (Å²) < 4.78 is 5.34. The number of aliphatic hydroxyl groups excluding tert-OH is 1. The first kappa shape index (κ1) is 11.6. The number of rotatable bonds is 3. The number of nitrogens with one attached hydrogen (secondary N) is 1. The van der Waals surface area contributed by atoms with Crippen LogP contribution in [0.25, 0.3) is 0 Å². The molecule has 2 aromatic rings. The summed E-state index contributed by atoms with van der Waals surface area (Å²) in [5.41, 5.74) is 0.311. The molecule has 0 radical (unpaired) electrons. The summed E-state index contributed by atoms with van der Waals surface area (Å²) in [5.74, 6) is 0.536. The van der Waals surface area contributed by atoms with E-state index in [1.807, 2.05) is 0 Å². The number of benzene rings is 1. The van der Waals surface area contributed by atoms with Crippen molar-refractivity contribution in [3.63, 3.8) is 0 Å². The molecule has 1 aromatic carbocycles. The molecule has 1 heterocycles. The Bertz CT molecular complexity index is 566. The van der Waals surface area contributed by atoms with E-state index in [1.165, 1.54) is 6.33 Å². The quantitative estimate of drug-likeness (QED) is 0.872. The molecule has 0 unspecified atom stereocenters. The second-order valence-corrected chi connectivity index (χ2v) is 3.63. The predicted octanol–water partition coefficient (Wildman–Crippen LogP) is 1.71. The highest BCUT2D eigenvalue weighted by Crippen LogP contribution is 2.23. The lowest BCUT2D eigenvalue weighted by Crippen LogP contribution is -2.07. The number of ether oxygens (including phenoxy) is 1. The van der Waals surface area contributed by atoms with Crippen molar-refractivity contribution in [3.05, 3.63) is 51.5 Å². The maximum absolute atomic E-state index is 11.2. The van der Waals surface area contributed by atoms with E-state index < -0.39 is 5.56 Å². The van der Waals surface area contributed by atoms with Crippen LogP contribution in [0.3, 0.4) is 0 Å². The Morgan fingerprint density at radius 1 is 1.35 bits per heavy atom. The molecule has 0 aliphatic heterocycles. The lowest BCUT2D eigenvalue weighted by atomic mass is 10.2. The fourth-order valence-electron chi connectivity index (χ4n) is 1.21. The molecule has 0 spiro atoms. The number of nitrogens with zero attached hydrogens (tertiary/aromatic N) is 1. The van der Waals surface area contributed by atoms with Crippen LogP contribution in [0.4, 0.5) is 0 Å². The van der Waals surface area contributed by atoms with E-state index in [9.17, 15) is 4.79 Å². The number of aromatic nitrogens is 2. The molecule has 0 atom stereocenters. The van der Waals surface area contributed by atoms with Gasteiger partial charge in [-0.05, 0) is 17.7 Å². The Balaban J connectivity index is 2.25. The molecule has 6 heteroatoms. The SMILES string of the molecule is O=c1[nH]cnc(Oc2ccc(CO)cc2)c1Cl. The van der Waals surface area contributed by atoms with Crippen LogP contribution in [0.15, 0.2) is 35.4 Å². The first-order chi connectivity index (χ1) is 8.20. The second-order valence-electron chi connectivity index (χ2n) is 3.25. The van der Waals surface area contributed by atoms with E-state index in [4.69, 9.17) is 21.4 Å². The summed E-state index contributed by atoms with van der Waals surface area (Å²) >= 11 is 5.73. The van der Waals surface area contributed by atoms with Gasteiger partial charge in [0.2, 0.25) is 5.88 Å². The minimum absolute atomic E-state index is 0.0374. The summed E-state index contributed by atoms with van der Waals surface area (Å²) in [4.78, 5) is 17.3. The summed E-state index contributed by atoms with van der Waals surface area (Å²) in [7, 11) is 0. The van der Waals surface area contributed by atoms with Crippen LogP contribution in [0.5, 0.6) is 11.6 Å². The highest BCUT2D eigenvalue weighted by atomic mass is 35.5. The number of aliphatic hydroxyl groups is 1. The largest absolute Gasteiger partial charge is 0.437 e. The first-order valence-electron chi connectivity index (χ1n) is 4.81. The molecule has 17 heavy (non-hydrogen) atoms.